The summed E-state index contributed by atoms with van der Waals surface area (Å²) in [6, 6.07) is 10.7. The third-order valence-electron chi connectivity index (χ3n) is 5.58. The molecule has 3 rings (SSSR count). The molecule has 8 nitrogen and oxygen atoms in total. The normalized spacial score (nSPS) is 24.8. The summed E-state index contributed by atoms with van der Waals surface area (Å²) in [5.74, 6) is 0.715. The molecule has 0 aliphatic carbocycles. The van der Waals surface area contributed by atoms with Gasteiger partial charge in [0, 0.05) is 5.56 Å². The Balaban J connectivity index is 1.95. The minimum atomic E-state index is -1.42. The van der Waals surface area contributed by atoms with Crippen molar-refractivity contribution >= 4 is 6.08 Å². The number of ether oxygens (including phenoxy) is 4. The summed E-state index contributed by atoms with van der Waals surface area (Å²) < 4.78 is 22.2. The van der Waals surface area contributed by atoms with Crippen LogP contribution in [0.5, 0.6) is 11.5 Å². The molecule has 1 saturated heterocycles. The van der Waals surface area contributed by atoms with Crippen LogP contribution in [0.1, 0.15) is 28.5 Å². The van der Waals surface area contributed by atoms with Gasteiger partial charge in [0.25, 0.3) is 0 Å². The molecule has 2 aromatic carbocycles. The molecule has 0 bridgehead atoms. The van der Waals surface area contributed by atoms with E-state index in [4.69, 9.17) is 18.9 Å². The van der Waals surface area contributed by atoms with E-state index in [0.29, 0.717) is 17.1 Å². The summed E-state index contributed by atoms with van der Waals surface area (Å²) in [6.45, 7) is 3.32. The number of rotatable bonds is 7. The van der Waals surface area contributed by atoms with Gasteiger partial charge in [-0.05, 0) is 48.7 Å². The van der Waals surface area contributed by atoms with Crippen LogP contribution in [-0.4, -0.2) is 65.7 Å². The molecule has 0 radical (unpaired) electrons. The molecular formula is C24H30O8. The van der Waals surface area contributed by atoms with Crippen molar-refractivity contribution in [2.75, 3.05) is 20.8 Å². The van der Waals surface area contributed by atoms with Gasteiger partial charge in [-0.1, -0.05) is 24.3 Å². The standard InChI is InChI=1S/C24H30O8/c1-13-5-6-15(9-14(13)2)10-17(26)22-21(28)23(18(27)12-25)32-24(31-22)16-7-8-19(29-3)20(11-16)30-4/h5-11,18,21-28H,12H2,1-4H3/t18-,21-,22+,23-,24?/m1/s1. The minimum absolute atomic E-state index is 0.232. The quantitative estimate of drug-likeness (QED) is 0.479. The summed E-state index contributed by atoms with van der Waals surface area (Å²) in [6.07, 6.45) is -4.75. The fourth-order valence-corrected chi connectivity index (χ4v) is 3.57. The van der Waals surface area contributed by atoms with E-state index >= 15 is 0 Å². The fraction of sp³-hybridized carbons (Fsp3) is 0.417. The summed E-state index contributed by atoms with van der Waals surface area (Å²) >= 11 is 0. The molecule has 1 heterocycles. The van der Waals surface area contributed by atoms with Gasteiger partial charge in [-0.3, -0.25) is 0 Å². The van der Waals surface area contributed by atoms with Crippen LogP contribution in [0.4, 0.5) is 0 Å². The Morgan fingerprint density at radius 2 is 1.75 bits per heavy atom. The lowest BCUT2D eigenvalue weighted by Crippen LogP contribution is -2.53. The van der Waals surface area contributed by atoms with Crippen LogP contribution < -0.4 is 9.47 Å². The maximum Gasteiger partial charge on any atom is 0.185 e. The van der Waals surface area contributed by atoms with E-state index < -0.39 is 37.3 Å². The van der Waals surface area contributed by atoms with Crippen LogP contribution in [0.2, 0.25) is 0 Å². The van der Waals surface area contributed by atoms with E-state index in [9.17, 15) is 20.4 Å². The zero-order valence-corrected chi connectivity index (χ0v) is 18.6. The van der Waals surface area contributed by atoms with E-state index in [-0.39, 0.29) is 5.76 Å². The molecule has 1 fully saturated rings. The van der Waals surface area contributed by atoms with Crippen molar-refractivity contribution in [3.63, 3.8) is 0 Å². The van der Waals surface area contributed by atoms with Crippen LogP contribution in [-0.2, 0) is 9.47 Å². The van der Waals surface area contributed by atoms with Gasteiger partial charge in [0.05, 0.1) is 20.8 Å². The number of aliphatic hydroxyl groups is 4. The molecule has 0 saturated carbocycles. The van der Waals surface area contributed by atoms with Crippen molar-refractivity contribution in [2.45, 2.75) is 44.6 Å². The molecule has 2 aromatic rings. The Labute approximate surface area is 187 Å². The van der Waals surface area contributed by atoms with Gasteiger partial charge in [0.2, 0.25) is 0 Å². The van der Waals surface area contributed by atoms with Gasteiger partial charge in [0.15, 0.2) is 17.8 Å². The zero-order valence-electron chi connectivity index (χ0n) is 18.6. The highest BCUT2D eigenvalue weighted by atomic mass is 16.7. The maximum atomic E-state index is 10.8. The number of methoxy groups -OCH3 is 2. The number of hydrogen-bond acceptors (Lipinski definition) is 8. The molecule has 0 amide bonds. The van der Waals surface area contributed by atoms with Crippen molar-refractivity contribution in [1.29, 1.82) is 0 Å². The first-order chi connectivity index (χ1) is 15.3. The molecule has 8 heteroatoms. The molecule has 0 spiro atoms. The molecule has 4 N–H and O–H groups in total. The Morgan fingerprint density at radius 1 is 1.03 bits per heavy atom. The lowest BCUT2D eigenvalue weighted by molar-refractivity contribution is -0.302. The second-order valence-corrected chi connectivity index (χ2v) is 7.76. The molecule has 174 valence electrons. The van der Waals surface area contributed by atoms with Crippen LogP contribution in [0, 0.1) is 13.8 Å². The Hall–Kier alpha value is -2.62. The highest BCUT2D eigenvalue weighted by molar-refractivity contribution is 5.54. The van der Waals surface area contributed by atoms with Gasteiger partial charge in [-0.2, -0.15) is 0 Å². The van der Waals surface area contributed by atoms with Gasteiger partial charge >= 0.3 is 0 Å². The predicted molar refractivity (Wildman–Crippen MR) is 118 cm³/mol. The van der Waals surface area contributed by atoms with Crippen LogP contribution >= 0.6 is 0 Å². The first-order valence-electron chi connectivity index (χ1n) is 10.3. The van der Waals surface area contributed by atoms with Crippen molar-refractivity contribution in [2.24, 2.45) is 0 Å². The topological polar surface area (TPSA) is 118 Å². The van der Waals surface area contributed by atoms with Gasteiger partial charge < -0.3 is 39.4 Å². The monoisotopic (exact) mass is 446 g/mol. The zero-order chi connectivity index (χ0) is 23.4. The number of benzene rings is 2. The third-order valence-corrected chi connectivity index (χ3v) is 5.58. The van der Waals surface area contributed by atoms with Crippen LogP contribution in [0.25, 0.3) is 6.08 Å². The van der Waals surface area contributed by atoms with E-state index in [0.717, 1.165) is 16.7 Å². The smallest absolute Gasteiger partial charge is 0.185 e. The fourth-order valence-electron chi connectivity index (χ4n) is 3.57. The molecule has 32 heavy (non-hydrogen) atoms. The molecular weight excluding hydrogens is 416 g/mol. The summed E-state index contributed by atoms with van der Waals surface area (Å²) in [7, 11) is 3.01. The highest BCUT2D eigenvalue weighted by Crippen LogP contribution is 2.37. The summed E-state index contributed by atoms with van der Waals surface area (Å²) in [5.41, 5.74) is 3.42. The number of aryl methyl sites for hydroxylation is 2. The molecule has 1 unspecified atom stereocenters. The predicted octanol–water partition coefficient (Wildman–Crippen LogP) is 2.42. The van der Waals surface area contributed by atoms with Crippen molar-refractivity contribution in [3.8, 4) is 11.5 Å². The van der Waals surface area contributed by atoms with Crippen molar-refractivity contribution in [3.05, 3.63) is 64.4 Å². The second-order valence-electron chi connectivity index (χ2n) is 7.76. The Kier molecular flexibility index (Phi) is 7.76. The average Bonchev–Trinajstić information content (AvgIpc) is 2.80. The minimum Gasteiger partial charge on any atom is -0.509 e. The van der Waals surface area contributed by atoms with Gasteiger partial charge in [0.1, 0.15) is 30.2 Å². The van der Waals surface area contributed by atoms with Crippen LogP contribution in [0.3, 0.4) is 0 Å². The number of aliphatic hydroxyl groups excluding tert-OH is 4. The Morgan fingerprint density at radius 3 is 2.38 bits per heavy atom. The Bertz CT molecular complexity index is 957. The largest absolute Gasteiger partial charge is 0.509 e. The van der Waals surface area contributed by atoms with Crippen LogP contribution in [0.15, 0.2) is 42.2 Å². The van der Waals surface area contributed by atoms with E-state index in [2.05, 4.69) is 0 Å². The molecule has 5 atom stereocenters. The lowest BCUT2D eigenvalue weighted by atomic mass is 9.98. The second kappa shape index (κ2) is 10.3. The lowest BCUT2D eigenvalue weighted by Gasteiger charge is -2.41. The number of hydrogen-bond donors (Lipinski definition) is 4. The van der Waals surface area contributed by atoms with E-state index in [1.807, 2.05) is 32.0 Å². The maximum absolute atomic E-state index is 10.8. The van der Waals surface area contributed by atoms with Crippen molar-refractivity contribution in [1.82, 2.24) is 0 Å². The third kappa shape index (κ3) is 5.06. The van der Waals surface area contributed by atoms with Gasteiger partial charge in [-0.25, -0.2) is 0 Å². The summed E-state index contributed by atoms with van der Waals surface area (Å²) in [4.78, 5) is 0. The summed E-state index contributed by atoms with van der Waals surface area (Å²) in [5, 5.41) is 41.2. The van der Waals surface area contributed by atoms with E-state index in [1.54, 1.807) is 18.2 Å². The molecule has 1 aliphatic rings. The first-order valence-corrected chi connectivity index (χ1v) is 10.3. The molecule has 0 aromatic heterocycles. The average molecular weight is 446 g/mol. The van der Waals surface area contributed by atoms with Gasteiger partial charge in [-0.15, -0.1) is 0 Å². The van der Waals surface area contributed by atoms with E-state index in [1.165, 1.54) is 20.3 Å². The highest BCUT2D eigenvalue weighted by Gasteiger charge is 2.44. The SMILES string of the molecule is COc1ccc(C2O[C@H]([C@H](O)CO)[C@H](O)[C@H](C(O)=Cc3ccc(C)c(C)c3)O2)cc1OC. The first kappa shape index (κ1) is 24.0. The molecule has 1 aliphatic heterocycles. The van der Waals surface area contributed by atoms with Crippen molar-refractivity contribution < 1.29 is 39.4 Å².